The van der Waals surface area contributed by atoms with E-state index >= 15 is 0 Å². The monoisotopic (exact) mass is 248 g/mol. The first-order valence-corrected chi connectivity index (χ1v) is 6.34. The van der Waals surface area contributed by atoms with Crippen molar-refractivity contribution in [1.82, 2.24) is 10.3 Å². The van der Waals surface area contributed by atoms with Crippen LogP contribution in [-0.2, 0) is 0 Å². The number of carbonyl (C=O) groups is 1. The van der Waals surface area contributed by atoms with Crippen molar-refractivity contribution < 1.29 is 4.79 Å². The molecule has 0 spiro atoms. The number of nitrogens with one attached hydrogen (secondary N) is 2. The van der Waals surface area contributed by atoms with Crippen molar-refractivity contribution in [3.05, 3.63) is 23.4 Å². The summed E-state index contributed by atoms with van der Waals surface area (Å²) in [7, 11) is 0. The molecule has 2 atom stereocenters. The molecular formula is C13H20N4O. The lowest BCUT2D eigenvalue weighted by Gasteiger charge is -2.31. The minimum absolute atomic E-state index is 0.341. The van der Waals surface area contributed by atoms with Gasteiger partial charge in [0.25, 0.3) is 0 Å². The third kappa shape index (κ3) is 2.98. The summed E-state index contributed by atoms with van der Waals surface area (Å²) < 4.78 is 0. The van der Waals surface area contributed by atoms with Gasteiger partial charge in [-0.2, -0.15) is 0 Å². The van der Waals surface area contributed by atoms with Crippen LogP contribution in [0.5, 0.6) is 0 Å². The highest BCUT2D eigenvalue weighted by Crippen LogP contribution is 2.16. The number of anilines is 1. The third-order valence-corrected chi connectivity index (χ3v) is 3.33. The number of amides is 1. The van der Waals surface area contributed by atoms with E-state index in [0.717, 1.165) is 30.9 Å². The summed E-state index contributed by atoms with van der Waals surface area (Å²) in [5, 5.41) is 6.81. The standard InChI is InChI=1S/C13H20N4O/c1-8-6-10(13(14)18)7-12(16-8)17-11-4-3-5-15-9(11)2/h6-7,9,11,15H,3-5H2,1-2H3,(H2,14,18)(H,16,17). The molecule has 1 aliphatic rings. The largest absolute Gasteiger partial charge is 0.366 e. The molecule has 1 amide bonds. The Morgan fingerprint density at radius 1 is 1.56 bits per heavy atom. The Morgan fingerprint density at radius 3 is 3.00 bits per heavy atom. The van der Waals surface area contributed by atoms with E-state index < -0.39 is 5.91 Å². The first kappa shape index (κ1) is 12.8. The molecule has 0 saturated carbocycles. The van der Waals surface area contributed by atoms with Crippen LogP contribution in [0.25, 0.3) is 0 Å². The zero-order valence-electron chi connectivity index (χ0n) is 10.9. The van der Waals surface area contributed by atoms with E-state index in [2.05, 4.69) is 22.5 Å². The van der Waals surface area contributed by atoms with Gasteiger partial charge in [-0.1, -0.05) is 0 Å². The molecular weight excluding hydrogens is 228 g/mol. The van der Waals surface area contributed by atoms with Crippen molar-refractivity contribution in [3.63, 3.8) is 0 Å². The van der Waals surface area contributed by atoms with Gasteiger partial charge in [0.1, 0.15) is 5.82 Å². The number of carbonyl (C=O) groups excluding carboxylic acids is 1. The number of aromatic nitrogens is 1. The van der Waals surface area contributed by atoms with Gasteiger partial charge in [-0.25, -0.2) is 4.98 Å². The normalized spacial score (nSPS) is 23.7. The average Bonchev–Trinajstić information content (AvgIpc) is 2.31. The van der Waals surface area contributed by atoms with E-state index in [1.54, 1.807) is 12.1 Å². The quantitative estimate of drug-likeness (QED) is 0.746. The Bertz CT molecular complexity index is 447. The molecule has 1 aromatic rings. The van der Waals surface area contributed by atoms with Gasteiger partial charge in [0, 0.05) is 23.3 Å². The molecule has 18 heavy (non-hydrogen) atoms. The fourth-order valence-electron chi connectivity index (χ4n) is 2.32. The van der Waals surface area contributed by atoms with Crippen molar-refractivity contribution in [2.75, 3.05) is 11.9 Å². The number of aryl methyl sites for hydroxylation is 1. The molecule has 1 saturated heterocycles. The number of primary amides is 1. The van der Waals surface area contributed by atoms with Crippen LogP contribution in [-0.4, -0.2) is 29.5 Å². The molecule has 5 heteroatoms. The van der Waals surface area contributed by atoms with Gasteiger partial charge >= 0.3 is 0 Å². The van der Waals surface area contributed by atoms with Crippen molar-refractivity contribution in [2.45, 2.75) is 38.8 Å². The number of nitrogens with zero attached hydrogens (tertiary/aromatic N) is 1. The second-order valence-electron chi connectivity index (χ2n) is 4.88. The Kier molecular flexibility index (Phi) is 3.81. The van der Waals surface area contributed by atoms with Gasteiger partial charge in [0.2, 0.25) is 5.91 Å². The van der Waals surface area contributed by atoms with E-state index in [-0.39, 0.29) is 0 Å². The fraction of sp³-hybridized carbons (Fsp3) is 0.538. The summed E-state index contributed by atoms with van der Waals surface area (Å²) in [6.45, 7) is 5.08. The second kappa shape index (κ2) is 5.35. The molecule has 1 aromatic heterocycles. The lowest BCUT2D eigenvalue weighted by atomic mass is 10.00. The predicted molar refractivity (Wildman–Crippen MR) is 71.6 cm³/mol. The van der Waals surface area contributed by atoms with Crippen LogP contribution in [0.4, 0.5) is 5.82 Å². The minimum Gasteiger partial charge on any atom is -0.366 e. The minimum atomic E-state index is -0.418. The van der Waals surface area contributed by atoms with E-state index in [4.69, 9.17) is 5.73 Å². The molecule has 2 rings (SSSR count). The van der Waals surface area contributed by atoms with Crippen LogP contribution in [0.1, 0.15) is 35.8 Å². The number of hydrogen-bond donors (Lipinski definition) is 3. The molecule has 0 aromatic carbocycles. The number of hydrogen-bond acceptors (Lipinski definition) is 4. The maximum Gasteiger partial charge on any atom is 0.248 e. The van der Waals surface area contributed by atoms with Gasteiger partial charge in [0.05, 0.1) is 0 Å². The van der Waals surface area contributed by atoms with Gasteiger partial charge < -0.3 is 16.4 Å². The first-order chi connectivity index (χ1) is 8.56. The van der Waals surface area contributed by atoms with Crippen molar-refractivity contribution >= 4 is 11.7 Å². The summed E-state index contributed by atoms with van der Waals surface area (Å²) in [5.41, 5.74) is 6.60. The Balaban J connectivity index is 2.15. The van der Waals surface area contributed by atoms with Crippen LogP contribution >= 0.6 is 0 Å². The highest BCUT2D eigenvalue weighted by Gasteiger charge is 2.21. The van der Waals surface area contributed by atoms with Gasteiger partial charge in [-0.05, 0) is 45.4 Å². The summed E-state index contributed by atoms with van der Waals surface area (Å²) in [6, 6.07) is 4.17. The lowest BCUT2D eigenvalue weighted by Crippen LogP contribution is -2.46. The Morgan fingerprint density at radius 2 is 2.33 bits per heavy atom. The number of nitrogens with two attached hydrogens (primary N) is 1. The topological polar surface area (TPSA) is 80.0 Å². The number of pyridine rings is 1. The van der Waals surface area contributed by atoms with Crippen LogP contribution in [0, 0.1) is 6.92 Å². The maximum atomic E-state index is 11.2. The summed E-state index contributed by atoms with van der Waals surface area (Å²) in [4.78, 5) is 15.6. The molecule has 1 fully saturated rings. The zero-order valence-corrected chi connectivity index (χ0v) is 10.9. The molecule has 0 bridgehead atoms. The van der Waals surface area contributed by atoms with E-state index in [0.29, 0.717) is 17.6 Å². The lowest BCUT2D eigenvalue weighted by molar-refractivity contribution is 0.1000. The molecule has 1 aliphatic heterocycles. The van der Waals surface area contributed by atoms with Gasteiger partial charge in [-0.3, -0.25) is 4.79 Å². The molecule has 5 nitrogen and oxygen atoms in total. The number of rotatable bonds is 3. The Labute approximate surface area is 107 Å². The van der Waals surface area contributed by atoms with Crippen molar-refractivity contribution in [1.29, 1.82) is 0 Å². The summed E-state index contributed by atoms with van der Waals surface area (Å²) in [6.07, 6.45) is 2.26. The zero-order chi connectivity index (χ0) is 13.1. The average molecular weight is 248 g/mol. The third-order valence-electron chi connectivity index (χ3n) is 3.33. The Hall–Kier alpha value is -1.62. The highest BCUT2D eigenvalue weighted by molar-refractivity contribution is 5.93. The SMILES string of the molecule is Cc1cc(C(N)=O)cc(NC2CCCNC2C)n1. The molecule has 0 radical (unpaired) electrons. The summed E-state index contributed by atoms with van der Waals surface area (Å²) in [5.74, 6) is 0.308. The van der Waals surface area contributed by atoms with E-state index in [1.807, 2.05) is 6.92 Å². The van der Waals surface area contributed by atoms with E-state index in [1.165, 1.54) is 0 Å². The highest BCUT2D eigenvalue weighted by atomic mass is 16.1. The maximum absolute atomic E-state index is 11.2. The van der Waals surface area contributed by atoms with Crippen LogP contribution in [0.2, 0.25) is 0 Å². The smallest absolute Gasteiger partial charge is 0.248 e. The number of piperidine rings is 1. The van der Waals surface area contributed by atoms with Crippen LogP contribution in [0.3, 0.4) is 0 Å². The molecule has 2 unspecified atom stereocenters. The molecule has 2 heterocycles. The first-order valence-electron chi connectivity index (χ1n) is 6.34. The predicted octanol–water partition coefficient (Wildman–Crippen LogP) is 1.04. The molecule has 4 N–H and O–H groups in total. The van der Waals surface area contributed by atoms with Gasteiger partial charge in [0.15, 0.2) is 0 Å². The molecule has 0 aliphatic carbocycles. The fourth-order valence-corrected chi connectivity index (χ4v) is 2.32. The second-order valence-corrected chi connectivity index (χ2v) is 4.88. The van der Waals surface area contributed by atoms with Crippen molar-refractivity contribution in [3.8, 4) is 0 Å². The van der Waals surface area contributed by atoms with Crippen LogP contribution < -0.4 is 16.4 Å². The molecule has 98 valence electrons. The van der Waals surface area contributed by atoms with Gasteiger partial charge in [-0.15, -0.1) is 0 Å². The van der Waals surface area contributed by atoms with Crippen molar-refractivity contribution in [2.24, 2.45) is 5.73 Å². The van der Waals surface area contributed by atoms with Crippen LogP contribution in [0.15, 0.2) is 12.1 Å². The van der Waals surface area contributed by atoms with E-state index in [9.17, 15) is 4.79 Å². The summed E-state index contributed by atoms with van der Waals surface area (Å²) >= 11 is 0.